The van der Waals surface area contributed by atoms with Gasteiger partial charge in [0, 0.05) is 59.2 Å². The Labute approximate surface area is 322 Å². The van der Waals surface area contributed by atoms with Gasteiger partial charge in [-0.1, -0.05) is 29.8 Å². The highest BCUT2D eigenvalue weighted by molar-refractivity contribution is 7.15. The number of nitrogens with zero attached hydrogens (tertiary/aromatic N) is 6. The van der Waals surface area contributed by atoms with Crippen LogP contribution in [-0.4, -0.2) is 81.9 Å². The van der Waals surface area contributed by atoms with Crippen molar-refractivity contribution in [3.8, 4) is 10.8 Å². The van der Waals surface area contributed by atoms with Gasteiger partial charge in [-0.25, -0.2) is 4.79 Å². The molecule has 3 aliphatic heterocycles. The number of urea groups is 1. The topological polar surface area (TPSA) is 151 Å². The van der Waals surface area contributed by atoms with Crippen molar-refractivity contribution in [3.63, 3.8) is 0 Å². The van der Waals surface area contributed by atoms with Crippen LogP contribution in [-0.2, 0) is 14.4 Å². The lowest BCUT2D eigenvalue weighted by atomic mass is 9.93. The Balaban J connectivity index is 0.927. The highest BCUT2D eigenvalue weighted by Crippen LogP contribution is 2.40. The first-order valence-electron chi connectivity index (χ1n) is 18.2. The first-order chi connectivity index (χ1) is 26.0. The smallest absolute Gasteiger partial charge is 0.328 e. The lowest BCUT2D eigenvalue weighted by Crippen LogP contribution is -2.49. The largest absolute Gasteiger partial charge is 0.483 e. The number of benzene rings is 2. The number of aromatic nitrogens is 3. The van der Waals surface area contributed by atoms with Gasteiger partial charge in [-0.2, -0.15) is 0 Å². The average Bonchev–Trinajstić information content (AvgIpc) is 3.63. The Hall–Kier alpha value is -5.08. The molecule has 2 aromatic carbocycles. The number of likely N-dealkylation sites (tertiary alicyclic amines) is 1. The van der Waals surface area contributed by atoms with E-state index in [0.29, 0.717) is 53.4 Å². The summed E-state index contributed by atoms with van der Waals surface area (Å²) in [5.41, 5.74) is 5.28. The number of anilines is 1. The van der Waals surface area contributed by atoms with E-state index in [0.717, 1.165) is 52.5 Å². The van der Waals surface area contributed by atoms with E-state index in [9.17, 15) is 19.2 Å². The van der Waals surface area contributed by atoms with Crippen LogP contribution in [0.15, 0.2) is 47.5 Å². The van der Waals surface area contributed by atoms with Gasteiger partial charge in [-0.15, -0.1) is 21.5 Å². The second kappa shape index (κ2) is 15.7. The summed E-state index contributed by atoms with van der Waals surface area (Å²) >= 11 is 7.93. The van der Waals surface area contributed by atoms with E-state index in [1.54, 1.807) is 29.5 Å². The number of hydrogen-bond donors (Lipinski definition) is 2. The first kappa shape index (κ1) is 37.2. The third-order valence-corrected chi connectivity index (χ3v) is 12.0. The molecule has 0 saturated carbocycles. The summed E-state index contributed by atoms with van der Waals surface area (Å²) < 4.78 is 7.88. The fourth-order valence-corrected chi connectivity index (χ4v) is 8.69. The molecule has 0 radical (unpaired) electrons. The van der Waals surface area contributed by atoms with Crippen LogP contribution in [0.1, 0.15) is 76.9 Å². The van der Waals surface area contributed by atoms with E-state index in [4.69, 9.17) is 21.3 Å². The van der Waals surface area contributed by atoms with Crippen molar-refractivity contribution in [2.45, 2.75) is 65.8 Å². The molecule has 0 bridgehead atoms. The van der Waals surface area contributed by atoms with Gasteiger partial charge in [0.25, 0.3) is 5.91 Å². The maximum Gasteiger partial charge on any atom is 0.328 e. The summed E-state index contributed by atoms with van der Waals surface area (Å²) in [6.45, 7) is 9.86. The normalized spacial score (nSPS) is 17.4. The van der Waals surface area contributed by atoms with Crippen molar-refractivity contribution in [1.82, 2.24) is 30.3 Å². The van der Waals surface area contributed by atoms with Crippen molar-refractivity contribution in [1.29, 1.82) is 0 Å². The molecule has 1 atom stereocenters. The maximum absolute atomic E-state index is 13.9. The number of ether oxygens (including phenoxy) is 1. The Bertz CT molecular complexity index is 2140. The number of carbonyl (C=O) groups is 4. The summed E-state index contributed by atoms with van der Waals surface area (Å²) in [7, 11) is 0. The van der Waals surface area contributed by atoms with E-state index < -0.39 is 12.1 Å². The minimum atomic E-state index is -0.514. The van der Waals surface area contributed by atoms with E-state index in [2.05, 4.69) is 39.2 Å². The molecule has 282 valence electrons. The summed E-state index contributed by atoms with van der Waals surface area (Å²) in [4.78, 5) is 60.3. The fraction of sp³-hybridized carbons (Fsp3) is 0.410. The number of rotatable bonds is 10. The van der Waals surface area contributed by atoms with E-state index in [1.165, 1.54) is 9.78 Å². The molecule has 0 aliphatic carbocycles. The molecule has 15 heteroatoms. The summed E-state index contributed by atoms with van der Waals surface area (Å²) in [5, 5.41) is 15.9. The number of imide groups is 1. The molecule has 2 saturated heterocycles. The van der Waals surface area contributed by atoms with E-state index in [1.807, 2.05) is 43.0 Å². The van der Waals surface area contributed by atoms with Crippen LogP contribution in [0.4, 0.5) is 10.5 Å². The number of hydrogen-bond acceptors (Lipinski definition) is 9. The second-order valence-electron chi connectivity index (χ2n) is 14.0. The molecule has 5 amide bonds. The van der Waals surface area contributed by atoms with Crippen molar-refractivity contribution in [3.05, 3.63) is 86.3 Å². The molecule has 54 heavy (non-hydrogen) atoms. The summed E-state index contributed by atoms with van der Waals surface area (Å²) in [5.74, 6) is 1.78. The maximum atomic E-state index is 13.9. The predicted octanol–water partition coefficient (Wildman–Crippen LogP) is 5.77. The highest BCUT2D eigenvalue weighted by Gasteiger charge is 2.34. The van der Waals surface area contributed by atoms with Gasteiger partial charge in [0.1, 0.15) is 22.6 Å². The van der Waals surface area contributed by atoms with Crippen LogP contribution < -0.4 is 20.3 Å². The van der Waals surface area contributed by atoms with Crippen molar-refractivity contribution < 1.29 is 23.9 Å². The Morgan fingerprint density at radius 1 is 1.00 bits per heavy atom. The molecule has 5 heterocycles. The first-order valence-corrected chi connectivity index (χ1v) is 19.4. The molecule has 1 unspecified atom stereocenters. The van der Waals surface area contributed by atoms with Crippen LogP contribution in [0.3, 0.4) is 0 Å². The number of aryl methyl sites for hydroxylation is 2. The van der Waals surface area contributed by atoms with Gasteiger partial charge in [0.2, 0.25) is 11.8 Å². The Kier molecular flexibility index (Phi) is 10.8. The highest BCUT2D eigenvalue weighted by atomic mass is 35.5. The molecule has 2 fully saturated rings. The molecule has 2 N–H and O–H groups in total. The zero-order valence-electron chi connectivity index (χ0n) is 30.8. The monoisotopic (exact) mass is 770 g/mol. The Morgan fingerprint density at radius 2 is 1.76 bits per heavy atom. The molecular weight excluding hydrogens is 728 g/mol. The number of piperidine rings is 1. The Morgan fingerprint density at radius 3 is 2.50 bits per heavy atom. The number of halogens is 1. The third kappa shape index (κ3) is 7.62. The zero-order chi connectivity index (χ0) is 38.1. The summed E-state index contributed by atoms with van der Waals surface area (Å²) in [6, 6.07) is 12.0. The summed E-state index contributed by atoms with van der Waals surface area (Å²) in [6.07, 6.45) is 2.88. The van der Waals surface area contributed by atoms with E-state index >= 15 is 0 Å². The molecular formula is C39H43ClN8O5S. The van der Waals surface area contributed by atoms with E-state index in [-0.39, 0.29) is 43.7 Å². The quantitative estimate of drug-likeness (QED) is 0.208. The molecule has 0 spiro atoms. The van der Waals surface area contributed by atoms with Gasteiger partial charge in [0.15, 0.2) is 12.4 Å². The lowest BCUT2D eigenvalue weighted by Gasteiger charge is -2.32. The van der Waals surface area contributed by atoms with Crippen molar-refractivity contribution in [2.75, 3.05) is 37.7 Å². The van der Waals surface area contributed by atoms with Crippen LogP contribution in [0, 0.1) is 33.6 Å². The minimum absolute atomic E-state index is 0.0298. The molecule has 3 aliphatic rings. The molecule has 7 rings (SSSR count). The van der Waals surface area contributed by atoms with Gasteiger partial charge >= 0.3 is 6.03 Å². The average molecular weight is 771 g/mol. The predicted molar refractivity (Wildman–Crippen MR) is 207 cm³/mol. The SMILES string of the molecule is Cc1sc2c(c1C)C(c1ccc(Cl)cc1)=NC(CC(=O)N1CCC(CCNC(=O)COc3cccc(N4CCC(=O)NC4=O)c3C)CC1)c1nnc(C)n1-2. The standard InChI is InChI=1S/C39H43ClN8O5S/c1-22-24(3)54-38-35(22)36(27-8-10-28(40)11-9-27)42-29(37-45-44-25(4)48(37)38)20-34(51)46-17-13-26(14-18-46)12-16-41-33(50)21-53-31-7-5-6-30(23(31)2)47-19-15-32(49)43-39(47)52/h5-11,26,29H,12-21H2,1-4H3,(H,41,50)(H,43,49,52). The second-order valence-corrected chi connectivity index (χ2v) is 15.7. The minimum Gasteiger partial charge on any atom is -0.483 e. The van der Waals surface area contributed by atoms with Crippen molar-refractivity contribution in [2.24, 2.45) is 10.9 Å². The number of carbonyl (C=O) groups excluding carboxylic acids is 4. The number of aliphatic imine (C=N–C) groups is 1. The van der Waals surface area contributed by atoms with Gasteiger partial charge in [-0.3, -0.25) is 34.2 Å². The number of fused-ring (bicyclic) bond motifs is 3. The molecule has 13 nitrogen and oxygen atoms in total. The van der Waals surface area contributed by atoms with Gasteiger partial charge < -0.3 is 15.0 Å². The number of nitrogens with one attached hydrogen (secondary N) is 2. The number of amides is 5. The van der Waals surface area contributed by atoms with Crippen LogP contribution in [0.25, 0.3) is 5.00 Å². The van der Waals surface area contributed by atoms with Crippen LogP contribution >= 0.6 is 22.9 Å². The molecule has 4 aromatic rings. The molecule has 2 aromatic heterocycles. The fourth-order valence-electron chi connectivity index (χ4n) is 7.35. The van der Waals surface area contributed by atoms with Crippen LogP contribution in [0.5, 0.6) is 5.75 Å². The van der Waals surface area contributed by atoms with Gasteiger partial charge in [-0.05, 0) is 82.7 Å². The van der Waals surface area contributed by atoms with Crippen molar-refractivity contribution >= 4 is 58.1 Å². The lowest BCUT2D eigenvalue weighted by molar-refractivity contribution is -0.133. The number of thiophene rings is 1. The van der Waals surface area contributed by atoms with Gasteiger partial charge in [0.05, 0.1) is 17.8 Å². The third-order valence-electron chi connectivity index (χ3n) is 10.5. The van der Waals surface area contributed by atoms with Crippen LogP contribution in [0.2, 0.25) is 5.02 Å². The zero-order valence-corrected chi connectivity index (χ0v) is 32.4.